The summed E-state index contributed by atoms with van der Waals surface area (Å²) in [6, 6.07) is 17.3. The average molecular weight is 525 g/mol. The quantitative estimate of drug-likeness (QED) is 0.228. The van der Waals surface area contributed by atoms with Gasteiger partial charge in [0.25, 0.3) is 0 Å². The van der Waals surface area contributed by atoms with Gasteiger partial charge in [0, 0.05) is 32.9 Å². The molecule has 1 heterocycles. The molecule has 1 atom stereocenters. The smallest absolute Gasteiger partial charge is 0.303 e. The van der Waals surface area contributed by atoms with Crippen molar-refractivity contribution in [3.8, 4) is 22.6 Å². The van der Waals surface area contributed by atoms with Crippen molar-refractivity contribution in [2.45, 2.75) is 12.5 Å². The number of nitrogens with one attached hydrogen (secondary N) is 1. The molecule has 0 aromatic heterocycles. The Hall–Kier alpha value is -3.31. The molecule has 196 valence electrons. The minimum Gasteiger partial charge on any atom is -0.492 e. The van der Waals surface area contributed by atoms with Crippen LogP contribution >= 0.6 is 0 Å². The van der Waals surface area contributed by atoms with E-state index in [1.807, 2.05) is 18.2 Å². The molecule has 0 fully saturated rings. The van der Waals surface area contributed by atoms with Gasteiger partial charge in [0.1, 0.15) is 24.7 Å². The van der Waals surface area contributed by atoms with Gasteiger partial charge < -0.3 is 25.6 Å². The summed E-state index contributed by atoms with van der Waals surface area (Å²) >= 11 is 0. The summed E-state index contributed by atoms with van der Waals surface area (Å²) in [5.74, 6) is 1.29. The number of nitrogens with two attached hydrogens (primary N) is 1. The van der Waals surface area contributed by atoms with E-state index < -0.39 is 16.3 Å². The number of anilines is 2. The first-order valence-corrected chi connectivity index (χ1v) is 13.6. The van der Waals surface area contributed by atoms with Crippen LogP contribution in [-0.4, -0.2) is 64.8 Å². The number of ether oxygens (including phenoxy) is 2. The van der Waals surface area contributed by atoms with Gasteiger partial charge in [0.15, 0.2) is 0 Å². The summed E-state index contributed by atoms with van der Waals surface area (Å²) in [5.41, 5.74) is 12.6. The molecule has 0 saturated heterocycles. The fraction of sp³-hybridized carbons (Fsp3) is 0.333. The third kappa shape index (κ3) is 5.10. The monoisotopic (exact) mass is 524 g/mol. The maximum atomic E-state index is 12.7. The van der Waals surface area contributed by atoms with Gasteiger partial charge in [0.05, 0.1) is 18.3 Å². The zero-order chi connectivity index (χ0) is 26.2. The van der Waals surface area contributed by atoms with Crippen LogP contribution in [0.5, 0.6) is 11.5 Å². The second-order valence-electron chi connectivity index (χ2n) is 9.42. The summed E-state index contributed by atoms with van der Waals surface area (Å²) in [6.45, 7) is 1.77. The van der Waals surface area contributed by atoms with E-state index in [9.17, 15) is 13.5 Å². The Morgan fingerprint density at radius 2 is 1.86 bits per heavy atom. The van der Waals surface area contributed by atoms with Gasteiger partial charge in [-0.05, 0) is 70.6 Å². The topological polar surface area (TPSA) is 117 Å². The summed E-state index contributed by atoms with van der Waals surface area (Å²) in [6.07, 6.45) is 0.0262. The van der Waals surface area contributed by atoms with Gasteiger partial charge in [-0.2, -0.15) is 12.7 Å². The second-order valence-corrected chi connectivity index (χ2v) is 11.5. The molecule has 0 radical (unpaired) electrons. The zero-order valence-corrected chi connectivity index (χ0v) is 21.8. The number of hydrogen-bond acceptors (Lipinski definition) is 7. The van der Waals surface area contributed by atoms with Gasteiger partial charge in [-0.15, -0.1) is 0 Å². The van der Waals surface area contributed by atoms with Crippen LogP contribution in [0.2, 0.25) is 0 Å². The van der Waals surface area contributed by atoms with Crippen molar-refractivity contribution in [1.82, 2.24) is 9.62 Å². The van der Waals surface area contributed by atoms with Crippen LogP contribution < -0.4 is 24.8 Å². The molecule has 9 nitrogen and oxygen atoms in total. The van der Waals surface area contributed by atoms with Crippen molar-refractivity contribution in [3.63, 3.8) is 0 Å². The highest BCUT2D eigenvalue weighted by Crippen LogP contribution is 2.39. The molecule has 1 unspecified atom stereocenters. The van der Waals surface area contributed by atoms with E-state index in [0.29, 0.717) is 36.7 Å². The third-order valence-electron chi connectivity index (χ3n) is 6.69. The molecular formula is C27H32N4O5S. The predicted octanol–water partition coefficient (Wildman–Crippen LogP) is 2.55. The van der Waals surface area contributed by atoms with Crippen LogP contribution in [0.3, 0.4) is 0 Å². The Labute approximate surface area is 217 Å². The van der Waals surface area contributed by atoms with E-state index in [1.54, 1.807) is 18.2 Å². The van der Waals surface area contributed by atoms with Crippen LogP contribution in [0, 0.1) is 0 Å². The number of aliphatic hydroxyl groups is 1. The first-order chi connectivity index (χ1) is 17.7. The summed E-state index contributed by atoms with van der Waals surface area (Å²) in [7, 11) is -0.674. The number of hydrogen-bond donors (Lipinski definition) is 3. The van der Waals surface area contributed by atoms with Crippen LogP contribution in [-0.2, 0) is 16.6 Å². The number of benzene rings is 3. The molecule has 0 amide bonds. The molecule has 0 spiro atoms. The van der Waals surface area contributed by atoms with E-state index in [0.717, 1.165) is 17.9 Å². The lowest BCUT2D eigenvalue weighted by Crippen LogP contribution is -2.44. The molecule has 4 N–H and O–H groups in total. The minimum atomic E-state index is -3.66. The van der Waals surface area contributed by atoms with Crippen LogP contribution in [0.1, 0.15) is 22.8 Å². The van der Waals surface area contributed by atoms with Crippen LogP contribution in [0.25, 0.3) is 11.1 Å². The van der Waals surface area contributed by atoms with Gasteiger partial charge in [-0.3, -0.25) is 4.31 Å². The number of aliphatic hydroxyl groups excluding tert-OH is 1. The van der Waals surface area contributed by atoms with Gasteiger partial charge in [-0.1, -0.05) is 18.2 Å². The molecule has 10 heteroatoms. The highest BCUT2D eigenvalue weighted by atomic mass is 32.2. The van der Waals surface area contributed by atoms with E-state index in [1.165, 1.54) is 45.0 Å². The summed E-state index contributed by atoms with van der Waals surface area (Å²) in [5, 5.41) is 13.9. The van der Waals surface area contributed by atoms with Gasteiger partial charge in [0.2, 0.25) is 0 Å². The molecule has 2 aliphatic rings. The van der Waals surface area contributed by atoms with Crippen molar-refractivity contribution in [2.75, 3.05) is 57.0 Å². The first kappa shape index (κ1) is 25.3. The van der Waals surface area contributed by atoms with Gasteiger partial charge >= 0.3 is 10.2 Å². The maximum absolute atomic E-state index is 12.7. The molecular weight excluding hydrogens is 492 g/mol. The van der Waals surface area contributed by atoms with E-state index in [2.05, 4.69) is 23.5 Å². The van der Waals surface area contributed by atoms with E-state index in [-0.39, 0.29) is 13.2 Å². The van der Waals surface area contributed by atoms with Crippen molar-refractivity contribution in [2.24, 2.45) is 0 Å². The SMILES string of the molecule is CN(C)S(=O)(=O)N1CCOc2ccc(C(O)CNCCOc3ccc4c(c3)Cc3cc(N)ccc3-4)cc21. The highest BCUT2D eigenvalue weighted by molar-refractivity contribution is 7.90. The average Bonchev–Trinajstić information content (AvgIpc) is 3.24. The Balaban J connectivity index is 1.14. The number of fused-ring (bicyclic) bond motifs is 4. The lowest BCUT2D eigenvalue weighted by Gasteiger charge is -2.32. The predicted molar refractivity (Wildman–Crippen MR) is 144 cm³/mol. The van der Waals surface area contributed by atoms with Crippen molar-refractivity contribution < 1.29 is 23.0 Å². The fourth-order valence-electron chi connectivity index (χ4n) is 4.75. The summed E-state index contributed by atoms with van der Waals surface area (Å²) in [4.78, 5) is 0. The van der Waals surface area contributed by atoms with Crippen LogP contribution in [0.15, 0.2) is 54.6 Å². The maximum Gasteiger partial charge on any atom is 0.303 e. The highest BCUT2D eigenvalue weighted by Gasteiger charge is 2.31. The largest absolute Gasteiger partial charge is 0.492 e. The third-order valence-corrected chi connectivity index (χ3v) is 8.55. The molecule has 3 aromatic carbocycles. The standard InChI is InChI=1S/C27H32N4O5S/c1-30(2)37(33,34)31-10-12-36-27-8-3-18(16-25(27)31)26(32)17-29-9-11-35-22-5-7-24-20(15-22)13-19-14-21(28)4-6-23(19)24/h3-8,14-16,26,29,32H,9-13,17,28H2,1-2H3. The van der Waals surface area contributed by atoms with Crippen molar-refractivity contribution in [3.05, 3.63) is 71.3 Å². The Kier molecular flexibility index (Phi) is 7.00. The van der Waals surface area contributed by atoms with E-state index in [4.69, 9.17) is 15.2 Å². The Morgan fingerprint density at radius 3 is 2.65 bits per heavy atom. The minimum absolute atomic E-state index is 0.214. The Bertz CT molecular complexity index is 1410. The number of nitrogens with zero attached hydrogens (tertiary/aromatic N) is 2. The van der Waals surface area contributed by atoms with Crippen molar-refractivity contribution in [1.29, 1.82) is 0 Å². The zero-order valence-electron chi connectivity index (χ0n) is 21.0. The van der Waals surface area contributed by atoms with E-state index >= 15 is 0 Å². The molecule has 3 aromatic rings. The molecule has 1 aliphatic heterocycles. The number of rotatable bonds is 9. The molecule has 5 rings (SSSR count). The van der Waals surface area contributed by atoms with Crippen molar-refractivity contribution >= 4 is 21.6 Å². The normalized spacial score (nSPS) is 15.1. The lowest BCUT2D eigenvalue weighted by molar-refractivity contribution is 0.172. The first-order valence-electron chi connectivity index (χ1n) is 12.2. The summed E-state index contributed by atoms with van der Waals surface area (Å²) < 4.78 is 39.5. The number of nitrogen functional groups attached to an aromatic ring is 1. The lowest BCUT2D eigenvalue weighted by atomic mass is 10.1. The fourth-order valence-corrected chi connectivity index (χ4v) is 5.84. The molecule has 1 aliphatic carbocycles. The molecule has 0 saturated carbocycles. The molecule has 0 bridgehead atoms. The second kappa shape index (κ2) is 10.2. The van der Waals surface area contributed by atoms with Crippen LogP contribution in [0.4, 0.5) is 11.4 Å². The molecule has 37 heavy (non-hydrogen) atoms. The Morgan fingerprint density at radius 1 is 1.11 bits per heavy atom. The van der Waals surface area contributed by atoms with Gasteiger partial charge in [-0.25, -0.2) is 0 Å².